The predicted molar refractivity (Wildman–Crippen MR) is 136 cm³/mol. The van der Waals surface area contributed by atoms with Gasteiger partial charge in [-0.05, 0) is 41.8 Å². The average molecular weight is 428 g/mol. The molecule has 33 heavy (non-hydrogen) atoms. The first-order chi connectivity index (χ1) is 16.2. The van der Waals surface area contributed by atoms with Crippen LogP contribution in [0.5, 0.6) is 0 Å². The van der Waals surface area contributed by atoms with Crippen molar-refractivity contribution < 1.29 is 4.79 Å². The van der Waals surface area contributed by atoms with Crippen LogP contribution >= 0.6 is 0 Å². The van der Waals surface area contributed by atoms with Gasteiger partial charge in [-0.25, -0.2) is 0 Å². The van der Waals surface area contributed by atoms with Gasteiger partial charge in [0.25, 0.3) is 0 Å². The number of anilines is 1. The van der Waals surface area contributed by atoms with E-state index >= 15 is 0 Å². The van der Waals surface area contributed by atoms with Gasteiger partial charge in [0.2, 0.25) is 0 Å². The molecule has 0 aliphatic carbocycles. The van der Waals surface area contributed by atoms with Crippen LogP contribution in [0.15, 0.2) is 139 Å². The van der Waals surface area contributed by atoms with E-state index in [1.165, 1.54) is 0 Å². The van der Waals surface area contributed by atoms with Crippen molar-refractivity contribution in [2.75, 3.05) is 4.90 Å². The lowest BCUT2D eigenvalue weighted by molar-refractivity contribution is 0.103. The lowest BCUT2D eigenvalue weighted by Crippen LogP contribution is -2.42. The van der Waals surface area contributed by atoms with E-state index in [2.05, 4.69) is 66.4 Å². The van der Waals surface area contributed by atoms with E-state index < -0.39 is 5.54 Å². The Bertz CT molecular complexity index is 1310. The number of hydrogen-bond acceptors (Lipinski definition) is 2. The van der Waals surface area contributed by atoms with Gasteiger partial charge in [0, 0.05) is 23.0 Å². The van der Waals surface area contributed by atoms with Crippen LogP contribution in [-0.4, -0.2) is 5.78 Å². The molecule has 0 spiro atoms. The number of hydrogen-bond donors (Lipinski definition) is 0. The van der Waals surface area contributed by atoms with E-state index in [0.29, 0.717) is 11.1 Å². The second kappa shape index (κ2) is 8.76. The number of ketones is 1. The fourth-order valence-electron chi connectivity index (χ4n) is 4.47. The third kappa shape index (κ3) is 3.92. The maximum absolute atomic E-state index is 13.8. The molecule has 0 fully saturated rings. The van der Waals surface area contributed by atoms with Gasteiger partial charge in [-0.1, -0.05) is 109 Å². The molecule has 2 nitrogen and oxygen atoms in total. The van der Waals surface area contributed by atoms with E-state index in [-0.39, 0.29) is 5.78 Å². The molecule has 0 N–H and O–H groups in total. The maximum Gasteiger partial charge on any atom is 0.195 e. The molecule has 1 atom stereocenters. The predicted octanol–water partition coefficient (Wildman–Crippen LogP) is 7.27. The lowest BCUT2D eigenvalue weighted by atomic mass is 9.80. The number of allylic oxidation sites excluding steroid dienone is 2. The molecule has 1 heterocycles. The van der Waals surface area contributed by atoms with Gasteiger partial charge in [-0.15, -0.1) is 0 Å². The number of para-hydroxylation sites is 1. The molecule has 1 unspecified atom stereocenters. The van der Waals surface area contributed by atoms with E-state index in [0.717, 1.165) is 22.4 Å². The minimum Gasteiger partial charge on any atom is -0.334 e. The smallest absolute Gasteiger partial charge is 0.195 e. The highest BCUT2D eigenvalue weighted by Crippen LogP contribution is 2.43. The van der Waals surface area contributed by atoms with Crippen LogP contribution in [0.1, 0.15) is 28.4 Å². The van der Waals surface area contributed by atoms with Gasteiger partial charge in [-0.2, -0.15) is 0 Å². The standard InChI is InChI=1S/C31H25NO/c1-31(26-18-10-4-11-19-26)22-28(24-14-6-2-7-15-24)29(30(33)25-16-8-3-9-17-25)23-32(31)27-20-12-5-13-21-27/h2-23H,1H3. The first-order valence-electron chi connectivity index (χ1n) is 11.2. The Labute approximate surface area is 195 Å². The van der Waals surface area contributed by atoms with Crippen molar-refractivity contribution in [3.05, 3.63) is 156 Å². The number of nitrogens with zero attached hydrogens (tertiary/aromatic N) is 1. The average Bonchev–Trinajstić information content (AvgIpc) is 2.90. The van der Waals surface area contributed by atoms with Gasteiger partial charge >= 0.3 is 0 Å². The molecule has 5 rings (SSSR count). The molecule has 4 aromatic carbocycles. The lowest BCUT2D eigenvalue weighted by Gasteiger charge is -2.43. The summed E-state index contributed by atoms with van der Waals surface area (Å²) in [5, 5.41) is 0. The summed E-state index contributed by atoms with van der Waals surface area (Å²) >= 11 is 0. The van der Waals surface area contributed by atoms with Crippen LogP contribution in [0.25, 0.3) is 5.57 Å². The molecule has 0 amide bonds. The van der Waals surface area contributed by atoms with Crippen molar-refractivity contribution >= 4 is 17.0 Å². The number of carbonyl (C=O) groups excluding carboxylic acids is 1. The van der Waals surface area contributed by atoms with E-state index in [1.807, 2.05) is 79.0 Å². The van der Waals surface area contributed by atoms with Crippen molar-refractivity contribution in [2.24, 2.45) is 0 Å². The summed E-state index contributed by atoms with van der Waals surface area (Å²) in [6, 6.07) is 40.4. The Morgan fingerprint density at radius 1 is 0.667 bits per heavy atom. The molecule has 1 aliphatic rings. The Morgan fingerprint density at radius 3 is 1.79 bits per heavy atom. The fraction of sp³-hybridized carbons (Fsp3) is 0.0645. The summed E-state index contributed by atoms with van der Waals surface area (Å²) in [6.45, 7) is 2.21. The number of carbonyl (C=O) groups is 1. The fourth-order valence-corrected chi connectivity index (χ4v) is 4.47. The van der Waals surface area contributed by atoms with Crippen LogP contribution in [0.3, 0.4) is 0 Å². The first kappa shape index (κ1) is 20.7. The zero-order chi connectivity index (χ0) is 22.7. The molecule has 0 saturated heterocycles. The molecule has 0 radical (unpaired) electrons. The van der Waals surface area contributed by atoms with E-state index in [1.54, 1.807) is 0 Å². The van der Waals surface area contributed by atoms with Gasteiger partial charge in [0.1, 0.15) is 0 Å². The van der Waals surface area contributed by atoms with Gasteiger partial charge in [0.05, 0.1) is 5.54 Å². The van der Waals surface area contributed by atoms with E-state index in [4.69, 9.17) is 0 Å². The second-order valence-corrected chi connectivity index (χ2v) is 8.38. The Morgan fingerprint density at radius 2 is 1.18 bits per heavy atom. The highest BCUT2D eigenvalue weighted by Gasteiger charge is 2.37. The van der Waals surface area contributed by atoms with Crippen molar-refractivity contribution in [3.63, 3.8) is 0 Å². The van der Waals surface area contributed by atoms with Crippen LogP contribution in [-0.2, 0) is 5.54 Å². The highest BCUT2D eigenvalue weighted by molar-refractivity contribution is 6.19. The normalized spacial score (nSPS) is 17.8. The summed E-state index contributed by atoms with van der Waals surface area (Å²) in [6.07, 6.45) is 4.26. The van der Waals surface area contributed by atoms with Crippen molar-refractivity contribution in [2.45, 2.75) is 12.5 Å². The Balaban J connectivity index is 1.75. The van der Waals surface area contributed by atoms with Crippen LogP contribution in [0.2, 0.25) is 0 Å². The molecule has 0 bridgehead atoms. The minimum absolute atomic E-state index is 0.0155. The zero-order valence-corrected chi connectivity index (χ0v) is 18.6. The topological polar surface area (TPSA) is 20.3 Å². The summed E-state index contributed by atoms with van der Waals surface area (Å²) < 4.78 is 0. The SMILES string of the molecule is CC1(c2ccccc2)C=C(c2ccccc2)C(C(=O)c2ccccc2)=CN1c1ccccc1. The number of benzene rings is 4. The van der Waals surface area contributed by atoms with E-state index in [9.17, 15) is 4.79 Å². The number of Topliss-reactive ketones (excluding diaryl/α,β-unsaturated/α-hetero) is 1. The van der Waals surface area contributed by atoms with Crippen LogP contribution < -0.4 is 4.90 Å². The molecule has 0 aromatic heterocycles. The first-order valence-corrected chi connectivity index (χ1v) is 11.2. The number of rotatable bonds is 5. The van der Waals surface area contributed by atoms with Crippen molar-refractivity contribution in [1.29, 1.82) is 0 Å². The molecule has 1 aliphatic heterocycles. The molecular formula is C31H25NO. The minimum atomic E-state index is -0.478. The Hall–Kier alpha value is -4.17. The maximum atomic E-state index is 13.8. The molecular weight excluding hydrogens is 402 g/mol. The third-order valence-corrected chi connectivity index (χ3v) is 6.23. The quantitative estimate of drug-likeness (QED) is 0.312. The summed E-state index contributed by atoms with van der Waals surface area (Å²) in [5.74, 6) is 0.0155. The van der Waals surface area contributed by atoms with Crippen molar-refractivity contribution in [1.82, 2.24) is 0 Å². The van der Waals surface area contributed by atoms with Crippen molar-refractivity contribution in [3.8, 4) is 0 Å². The summed E-state index contributed by atoms with van der Waals surface area (Å²) in [4.78, 5) is 16.0. The van der Waals surface area contributed by atoms with Crippen LogP contribution in [0.4, 0.5) is 5.69 Å². The summed E-state index contributed by atoms with van der Waals surface area (Å²) in [7, 11) is 0. The van der Waals surface area contributed by atoms with Gasteiger partial charge in [0.15, 0.2) is 5.78 Å². The highest BCUT2D eigenvalue weighted by atomic mass is 16.1. The van der Waals surface area contributed by atoms with Gasteiger partial charge in [-0.3, -0.25) is 4.79 Å². The summed E-state index contributed by atoms with van der Waals surface area (Å²) in [5.41, 5.74) is 5.06. The van der Waals surface area contributed by atoms with Gasteiger partial charge < -0.3 is 4.90 Å². The van der Waals surface area contributed by atoms with Crippen LogP contribution in [0, 0.1) is 0 Å². The third-order valence-electron chi connectivity index (χ3n) is 6.23. The zero-order valence-electron chi connectivity index (χ0n) is 18.6. The molecule has 0 saturated carbocycles. The molecule has 160 valence electrons. The Kier molecular flexibility index (Phi) is 5.50. The monoisotopic (exact) mass is 427 g/mol. The molecule has 4 aromatic rings. The molecule has 2 heteroatoms. The second-order valence-electron chi connectivity index (χ2n) is 8.38. The largest absolute Gasteiger partial charge is 0.334 e.